The molecule has 3 aromatic carbocycles. The lowest BCUT2D eigenvalue weighted by atomic mass is 10.0. The molecule has 1 saturated heterocycles. The van der Waals surface area contributed by atoms with E-state index in [9.17, 15) is 24.6 Å². The van der Waals surface area contributed by atoms with Crippen molar-refractivity contribution in [2.45, 2.75) is 75.2 Å². The summed E-state index contributed by atoms with van der Waals surface area (Å²) in [6.45, 7) is 0.327. The predicted octanol–water partition coefficient (Wildman–Crippen LogP) is 6.40. The Morgan fingerprint density at radius 3 is 2.26 bits per heavy atom. The Balaban J connectivity index is 1.11. The van der Waals surface area contributed by atoms with Crippen LogP contribution >= 0.6 is 11.8 Å². The number of pyridine rings is 1. The first-order valence-corrected chi connectivity index (χ1v) is 17.6. The first kappa shape index (κ1) is 36.5. The number of carbonyl (C=O) groups excluding carboxylic acids is 2. The number of nitrogen functional groups attached to an aromatic ring is 1. The number of anilines is 2. The van der Waals surface area contributed by atoms with Crippen molar-refractivity contribution in [3.8, 4) is 0 Å². The van der Waals surface area contributed by atoms with Crippen LogP contribution < -0.4 is 16.4 Å². The van der Waals surface area contributed by atoms with Gasteiger partial charge in [-0.15, -0.1) is 11.8 Å². The summed E-state index contributed by atoms with van der Waals surface area (Å²) in [4.78, 5) is 40.6. The fourth-order valence-corrected chi connectivity index (χ4v) is 6.52. The molecule has 0 unspecified atom stereocenters. The highest BCUT2D eigenvalue weighted by Gasteiger charge is 2.32. The number of aromatic nitrogens is 1. The molecule has 3 atom stereocenters. The first-order valence-electron chi connectivity index (χ1n) is 16.6. The number of benzene rings is 3. The van der Waals surface area contributed by atoms with Crippen LogP contribution in [0.2, 0.25) is 0 Å². The SMILES string of the molecule is Nc1ccccc1NC(=O)CCCCCC(=O)NCc1ccc([C@@H]2O[C@H](CSc3ncccc3C(=O)O)C[C@H](c3ccc(CO)cc3)O2)cc1. The van der Waals surface area contributed by atoms with Gasteiger partial charge in [0.1, 0.15) is 5.03 Å². The maximum Gasteiger partial charge on any atom is 0.338 e. The number of thioether (sulfide) groups is 1. The second-order valence-corrected chi connectivity index (χ2v) is 13.0. The standard InChI is InChI=1S/C38H42N4O7S/c39-31-8-4-5-9-32(31)42-35(45)11-3-1-2-10-34(44)41-22-25-12-18-28(19-13-25)38-48-29(24-50-36-30(37(46)47)7-6-20-40-36)21-33(49-38)27-16-14-26(23-43)15-17-27/h4-9,12-20,29,33,38,43H,1-3,10-11,21-24,39H2,(H,41,44)(H,42,45)(H,46,47)/t29-,33+,38+/m0/s1. The number of hydrogen-bond donors (Lipinski definition) is 5. The number of amides is 2. The van der Waals surface area contributed by atoms with E-state index >= 15 is 0 Å². The summed E-state index contributed by atoms with van der Waals surface area (Å²) in [5.74, 6) is -0.705. The van der Waals surface area contributed by atoms with E-state index in [4.69, 9.17) is 15.2 Å². The molecule has 0 radical (unpaired) electrons. The van der Waals surface area contributed by atoms with E-state index < -0.39 is 12.3 Å². The number of hydrogen-bond acceptors (Lipinski definition) is 9. The van der Waals surface area contributed by atoms with E-state index in [1.807, 2.05) is 60.7 Å². The lowest BCUT2D eigenvalue weighted by molar-refractivity contribution is -0.245. The summed E-state index contributed by atoms with van der Waals surface area (Å²) >= 11 is 1.34. The van der Waals surface area contributed by atoms with E-state index in [2.05, 4.69) is 15.6 Å². The number of aliphatic hydroxyl groups excluding tert-OH is 1. The van der Waals surface area contributed by atoms with Crippen LogP contribution in [0.5, 0.6) is 0 Å². The lowest BCUT2D eigenvalue weighted by Crippen LogP contribution is -2.31. The third-order valence-electron chi connectivity index (χ3n) is 8.31. The van der Waals surface area contributed by atoms with Crippen molar-refractivity contribution < 1.29 is 34.1 Å². The second-order valence-electron chi connectivity index (χ2n) is 12.0. The van der Waals surface area contributed by atoms with Gasteiger partial charge in [0.2, 0.25) is 11.8 Å². The van der Waals surface area contributed by atoms with Gasteiger partial charge in [-0.3, -0.25) is 9.59 Å². The van der Waals surface area contributed by atoms with Crippen LogP contribution in [-0.2, 0) is 32.2 Å². The van der Waals surface area contributed by atoms with E-state index in [1.165, 1.54) is 17.8 Å². The van der Waals surface area contributed by atoms with Crippen molar-refractivity contribution in [1.82, 2.24) is 10.3 Å². The lowest BCUT2D eigenvalue weighted by Gasteiger charge is -2.36. The van der Waals surface area contributed by atoms with Crippen molar-refractivity contribution in [2.24, 2.45) is 0 Å². The molecule has 1 aromatic heterocycles. The molecule has 50 heavy (non-hydrogen) atoms. The van der Waals surface area contributed by atoms with Crippen LogP contribution in [0.1, 0.15) is 83.5 Å². The minimum Gasteiger partial charge on any atom is -0.478 e. The largest absolute Gasteiger partial charge is 0.478 e. The topological polar surface area (TPSA) is 173 Å². The van der Waals surface area contributed by atoms with Gasteiger partial charge in [0, 0.05) is 43.3 Å². The first-order chi connectivity index (χ1) is 24.3. The Bertz CT molecular complexity index is 1740. The molecule has 6 N–H and O–H groups in total. The average Bonchev–Trinajstić information content (AvgIpc) is 3.14. The molecule has 0 aliphatic carbocycles. The number of ether oxygens (including phenoxy) is 2. The maximum absolute atomic E-state index is 12.5. The normalized spacial score (nSPS) is 17.2. The molecule has 262 valence electrons. The van der Waals surface area contributed by atoms with E-state index in [-0.39, 0.29) is 36.2 Å². The van der Waals surface area contributed by atoms with Crippen LogP contribution in [-0.4, -0.2) is 44.8 Å². The summed E-state index contributed by atoms with van der Waals surface area (Å²) < 4.78 is 12.8. The zero-order valence-electron chi connectivity index (χ0n) is 27.6. The van der Waals surface area contributed by atoms with E-state index in [0.29, 0.717) is 60.8 Å². The van der Waals surface area contributed by atoms with Crippen molar-refractivity contribution in [2.75, 3.05) is 16.8 Å². The third kappa shape index (κ3) is 10.6. The number of para-hydroxylation sites is 2. The van der Waals surface area contributed by atoms with Crippen LogP contribution in [0.15, 0.2) is 96.2 Å². The minimum absolute atomic E-state index is 0.0498. The Morgan fingerprint density at radius 1 is 0.840 bits per heavy atom. The monoisotopic (exact) mass is 698 g/mol. The summed E-state index contributed by atoms with van der Waals surface area (Å²) in [6.07, 6.45) is 3.77. The van der Waals surface area contributed by atoms with Crippen LogP contribution in [0.3, 0.4) is 0 Å². The van der Waals surface area contributed by atoms with Crippen molar-refractivity contribution in [1.29, 1.82) is 0 Å². The number of nitrogens with zero attached hydrogens (tertiary/aromatic N) is 1. The smallest absolute Gasteiger partial charge is 0.338 e. The molecule has 5 rings (SSSR count). The molecule has 1 aliphatic rings. The number of aliphatic hydroxyl groups is 1. The van der Waals surface area contributed by atoms with Gasteiger partial charge in [-0.2, -0.15) is 0 Å². The Kier molecular flexibility index (Phi) is 13.4. The number of carbonyl (C=O) groups is 3. The van der Waals surface area contributed by atoms with Crippen LogP contribution in [0.25, 0.3) is 0 Å². The molecule has 0 bridgehead atoms. The fraction of sp³-hybridized carbons (Fsp3) is 0.316. The molecule has 2 heterocycles. The van der Waals surface area contributed by atoms with Crippen LogP contribution in [0, 0.1) is 0 Å². The summed E-state index contributed by atoms with van der Waals surface area (Å²) in [7, 11) is 0. The number of unbranched alkanes of at least 4 members (excludes halogenated alkanes) is 2. The number of carboxylic acid groups (broad SMARTS) is 1. The quantitative estimate of drug-likeness (QED) is 0.0501. The van der Waals surface area contributed by atoms with Crippen molar-refractivity contribution in [3.63, 3.8) is 0 Å². The number of rotatable bonds is 16. The predicted molar refractivity (Wildman–Crippen MR) is 191 cm³/mol. The number of aromatic carboxylic acids is 1. The highest BCUT2D eigenvalue weighted by atomic mass is 32.2. The van der Waals surface area contributed by atoms with Gasteiger partial charge in [-0.1, -0.05) is 67.1 Å². The summed E-state index contributed by atoms with van der Waals surface area (Å²) in [6, 6.07) is 25.6. The highest BCUT2D eigenvalue weighted by Crippen LogP contribution is 2.39. The molecule has 1 fully saturated rings. The van der Waals surface area contributed by atoms with Gasteiger partial charge >= 0.3 is 5.97 Å². The Morgan fingerprint density at radius 2 is 1.54 bits per heavy atom. The van der Waals surface area contributed by atoms with Gasteiger partial charge in [0.25, 0.3) is 0 Å². The summed E-state index contributed by atoms with van der Waals surface area (Å²) in [5, 5.41) is 25.3. The molecular weight excluding hydrogens is 657 g/mol. The molecular formula is C38H42N4O7S. The molecule has 4 aromatic rings. The third-order valence-corrected chi connectivity index (χ3v) is 9.44. The maximum atomic E-state index is 12.5. The van der Waals surface area contributed by atoms with Crippen molar-refractivity contribution >= 4 is 40.9 Å². The Hall–Kier alpha value is -4.75. The average molecular weight is 699 g/mol. The van der Waals surface area contributed by atoms with Gasteiger partial charge in [-0.25, -0.2) is 9.78 Å². The zero-order chi connectivity index (χ0) is 35.3. The molecule has 2 amide bonds. The van der Waals surface area contributed by atoms with Crippen molar-refractivity contribution in [3.05, 3.63) is 119 Å². The van der Waals surface area contributed by atoms with E-state index in [0.717, 1.165) is 28.7 Å². The zero-order valence-corrected chi connectivity index (χ0v) is 28.4. The Labute approximate surface area is 295 Å². The fourth-order valence-electron chi connectivity index (χ4n) is 5.52. The number of nitrogens with two attached hydrogens (primary N) is 1. The molecule has 0 spiro atoms. The molecule has 11 nitrogen and oxygen atoms in total. The molecule has 0 saturated carbocycles. The van der Waals surface area contributed by atoms with E-state index in [1.54, 1.807) is 24.4 Å². The second kappa shape index (κ2) is 18.3. The van der Waals surface area contributed by atoms with Gasteiger partial charge < -0.3 is 36.1 Å². The summed E-state index contributed by atoms with van der Waals surface area (Å²) in [5.41, 5.74) is 10.7. The highest BCUT2D eigenvalue weighted by molar-refractivity contribution is 7.99. The van der Waals surface area contributed by atoms with Crippen LogP contribution in [0.4, 0.5) is 11.4 Å². The molecule has 1 aliphatic heterocycles. The molecule has 12 heteroatoms. The van der Waals surface area contributed by atoms with Gasteiger partial charge in [0.15, 0.2) is 6.29 Å². The van der Waals surface area contributed by atoms with Gasteiger partial charge in [0.05, 0.1) is 35.8 Å². The minimum atomic E-state index is -1.03. The number of carboxylic acids is 1. The van der Waals surface area contributed by atoms with Gasteiger partial charge in [-0.05, 0) is 53.8 Å². The number of nitrogens with one attached hydrogen (secondary N) is 2.